The van der Waals surface area contributed by atoms with E-state index < -0.39 is 5.97 Å². The number of ether oxygens (including phenoxy) is 3. The lowest BCUT2D eigenvalue weighted by Gasteiger charge is -2.07. The number of aromatic nitrogens is 2. The third kappa shape index (κ3) is 2.05. The Labute approximate surface area is 115 Å². The fourth-order valence-corrected chi connectivity index (χ4v) is 2.06. The van der Waals surface area contributed by atoms with Crippen LogP contribution in [0.1, 0.15) is 28.9 Å². The summed E-state index contributed by atoms with van der Waals surface area (Å²) in [5.41, 5.74) is 1.22. The van der Waals surface area contributed by atoms with Gasteiger partial charge in [0.1, 0.15) is 17.4 Å². The second-order valence-electron chi connectivity index (χ2n) is 4.25. The third-order valence-electron chi connectivity index (χ3n) is 3.00. The fraction of sp³-hybridized carbons (Fsp3) is 0.214. The van der Waals surface area contributed by atoms with E-state index in [1.54, 1.807) is 18.2 Å². The molecule has 0 saturated heterocycles. The van der Waals surface area contributed by atoms with Gasteiger partial charge in [-0.3, -0.25) is 0 Å². The van der Waals surface area contributed by atoms with Crippen molar-refractivity contribution in [1.29, 1.82) is 0 Å². The van der Waals surface area contributed by atoms with Crippen LogP contribution in [0.5, 0.6) is 17.6 Å². The van der Waals surface area contributed by atoms with Crippen molar-refractivity contribution in [2.24, 2.45) is 0 Å². The summed E-state index contributed by atoms with van der Waals surface area (Å²) in [6.07, 6.45) is 1.25. The van der Waals surface area contributed by atoms with E-state index in [2.05, 4.69) is 9.97 Å². The Balaban J connectivity index is 1.98. The number of hydrogen-bond acceptors (Lipinski definition) is 6. The highest BCUT2D eigenvalue weighted by molar-refractivity contribution is 5.97. The minimum atomic E-state index is -0.397. The van der Waals surface area contributed by atoms with E-state index >= 15 is 0 Å². The molecule has 1 aromatic heterocycles. The van der Waals surface area contributed by atoms with E-state index in [1.165, 1.54) is 13.3 Å². The second-order valence-corrected chi connectivity index (χ2v) is 4.25. The lowest BCUT2D eigenvalue weighted by molar-refractivity contribution is 0.0420. The number of hydrogen-bond donors (Lipinski definition) is 0. The Kier molecular flexibility index (Phi) is 2.98. The van der Waals surface area contributed by atoms with Crippen LogP contribution in [0, 0.1) is 0 Å². The predicted octanol–water partition coefficient (Wildman–Crippen LogP) is 2.51. The summed E-state index contributed by atoms with van der Waals surface area (Å²) in [6, 6.07) is 7.04. The van der Waals surface area contributed by atoms with Crippen molar-refractivity contribution in [2.75, 3.05) is 7.11 Å². The van der Waals surface area contributed by atoms with Gasteiger partial charge in [-0.05, 0) is 13.0 Å². The average molecular weight is 272 g/mol. The molecule has 1 atom stereocenters. The van der Waals surface area contributed by atoms with E-state index in [-0.39, 0.29) is 12.1 Å². The zero-order valence-corrected chi connectivity index (χ0v) is 11.0. The van der Waals surface area contributed by atoms with Gasteiger partial charge in [-0.1, -0.05) is 12.1 Å². The smallest absolute Gasteiger partial charge is 0.342 e. The zero-order chi connectivity index (χ0) is 14.1. The van der Waals surface area contributed by atoms with Gasteiger partial charge in [-0.15, -0.1) is 0 Å². The van der Waals surface area contributed by atoms with E-state index in [0.717, 1.165) is 5.56 Å². The average Bonchev–Trinajstić information content (AvgIpc) is 2.75. The highest BCUT2D eigenvalue weighted by Gasteiger charge is 2.31. The SMILES string of the molecule is COc1ccnc(Oc2cccc3c2C(=O)OC3C)n1. The lowest BCUT2D eigenvalue weighted by atomic mass is 10.1. The molecule has 0 aliphatic carbocycles. The molecule has 0 spiro atoms. The number of benzene rings is 1. The number of carbonyl (C=O) groups excluding carboxylic acids is 1. The standard InChI is InChI=1S/C14H12N2O4/c1-8-9-4-3-5-10(12(9)13(17)19-8)20-14-15-7-6-11(16-14)18-2/h3-8H,1-2H3. The Morgan fingerprint density at radius 3 is 2.95 bits per heavy atom. The molecule has 1 unspecified atom stereocenters. The first-order valence-corrected chi connectivity index (χ1v) is 6.08. The van der Waals surface area contributed by atoms with Crippen molar-refractivity contribution in [3.63, 3.8) is 0 Å². The zero-order valence-electron chi connectivity index (χ0n) is 11.0. The molecule has 0 N–H and O–H groups in total. The van der Waals surface area contributed by atoms with E-state index in [0.29, 0.717) is 17.2 Å². The molecule has 0 bridgehead atoms. The second kappa shape index (κ2) is 4.80. The van der Waals surface area contributed by atoms with Gasteiger partial charge in [0.15, 0.2) is 0 Å². The first-order chi connectivity index (χ1) is 9.69. The van der Waals surface area contributed by atoms with E-state index in [9.17, 15) is 4.79 Å². The van der Waals surface area contributed by atoms with Crippen molar-refractivity contribution in [3.05, 3.63) is 41.6 Å². The summed E-state index contributed by atoms with van der Waals surface area (Å²) < 4.78 is 15.8. The van der Waals surface area contributed by atoms with E-state index in [1.807, 2.05) is 13.0 Å². The highest BCUT2D eigenvalue weighted by atomic mass is 16.6. The summed E-state index contributed by atoms with van der Waals surface area (Å²) >= 11 is 0. The largest absolute Gasteiger partial charge is 0.481 e. The van der Waals surface area contributed by atoms with Crippen molar-refractivity contribution in [1.82, 2.24) is 9.97 Å². The Morgan fingerprint density at radius 1 is 1.30 bits per heavy atom. The molecule has 0 saturated carbocycles. The molecule has 1 aliphatic heterocycles. The molecular weight excluding hydrogens is 260 g/mol. The molecule has 1 aromatic carbocycles. The molecule has 2 heterocycles. The van der Waals surface area contributed by atoms with Crippen LogP contribution in [0.3, 0.4) is 0 Å². The number of methoxy groups -OCH3 is 1. The summed E-state index contributed by atoms with van der Waals surface area (Å²) in [5, 5.41) is 0. The van der Waals surface area contributed by atoms with Crippen LogP contribution in [-0.4, -0.2) is 23.0 Å². The molecular formula is C14H12N2O4. The van der Waals surface area contributed by atoms with Crippen LogP contribution >= 0.6 is 0 Å². The normalized spacial score (nSPS) is 16.5. The van der Waals surface area contributed by atoms with Crippen LogP contribution in [0.15, 0.2) is 30.5 Å². The number of cyclic esters (lactones) is 1. The molecule has 20 heavy (non-hydrogen) atoms. The van der Waals surface area contributed by atoms with Gasteiger partial charge in [-0.2, -0.15) is 4.98 Å². The van der Waals surface area contributed by atoms with Crippen LogP contribution in [0.25, 0.3) is 0 Å². The van der Waals surface area contributed by atoms with Gasteiger partial charge in [0.05, 0.1) is 7.11 Å². The van der Waals surface area contributed by atoms with Crippen LogP contribution in [-0.2, 0) is 4.74 Å². The first kappa shape index (κ1) is 12.4. The molecule has 3 rings (SSSR count). The first-order valence-electron chi connectivity index (χ1n) is 6.08. The van der Waals surface area contributed by atoms with Crippen molar-refractivity contribution in [3.8, 4) is 17.6 Å². The maximum atomic E-state index is 11.8. The summed E-state index contributed by atoms with van der Waals surface area (Å²) in [4.78, 5) is 19.9. The van der Waals surface area contributed by atoms with E-state index in [4.69, 9.17) is 14.2 Å². The number of esters is 1. The molecule has 6 nitrogen and oxygen atoms in total. The van der Waals surface area contributed by atoms with Gasteiger partial charge < -0.3 is 14.2 Å². The van der Waals surface area contributed by atoms with Crippen LogP contribution in [0.2, 0.25) is 0 Å². The van der Waals surface area contributed by atoms with Crippen LogP contribution in [0.4, 0.5) is 0 Å². The number of rotatable bonds is 3. The minimum absolute atomic E-state index is 0.116. The predicted molar refractivity (Wildman–Crippen MR) is 68.9 cm³/mol. The van der Waals surface area contributed by atoms with Crippen molar-refractivity contribution in [2.45, 2.75) is 13.0 Å². The maximum absolute atomic E-state index is 11.8. The van der Waals surface area contributed by atoms with Crippen molar-refractivity contribution < 1.29 is 19.0 Å². The van der Waals surface area contributed by atoms with Gasteiger partial charge in [0.2, 0.25) is 5.88 Å². The van der Waals surface area contributed by atoms with Gasteiger partial charge in [0, 0.05) is 17.8 Å². The maximum Gasteiger partial charge on any atom is 0.342 e. The summed E-state index contributed by atoms with van der Waals surface area (Å²) in [6.45, 7) is 1.82. The summed E-state index contributed by atoms with van der Waals surface area (Å²) in [7, 11) is 1.51. The Hall–Kier alpha value is -2.63. The molecule has 0 amide bonds. The number of nitrogens with zero attached hydrogens (tertiary/aromatic N) is 2. The highest BCUT2D eigenvalue weighted by Crippen LogP contribution is 2.37. The molecule has 0 radical (unpaired) electrons. The molecule has 6 heteroatoms. The van der Waals surface area contributed by atoms with Gasteiger partial charge in [0.25, 0.3) is 0 Å². The summed E-state index contributed by atoms with van der Waals surface area (Å²) in [5.74, 6) is 0.370. The molecule has 102 valence electrons. The van der Waals surface area contributed by atoms with Gasteiger partial charge >= 0.3 is 12.0 Å². The monoisotopic (exact) mass is 272 g/mol. The Morgan fingerprint density at radius 2 is 2.15 bits per heavy atom. The van der Waals surface area contributed by atoms with Gasteiger partial charge in [-0.25, -0.2) is 9.78 Å². The number of carbonyl (C=O) groups is 1. The molecule has 1 aliphatic rings. The third-order valence-corrected chi connectivity index (χ3v) is 3.00. The topological polar surface area (TPSA) is 70.5 Å². The number of fused-ring (bicyclic) bond motifs is 1. The van der Waals surface area contributed by atoms with Crippen molar-refractivity contribution >= 4 is 5.97 Å². The van der Waals surface area contributed by atoms with Crippen LogP contribution < -0.4 is 9.47 Å². The Bertz CT molecular complexity index is 672. The fourth-order valence-electron chi connectivity index (χ4n) is 2.06. The molecule has 0 fully saturated rings. The lowest BCUT2D eigenvalue weighted by Crippen LogP contribution is -2.00. The quantitative estimate of drug-likeness (QED) is 0.799. The molecule has 2 aromatic rings. The minimum Gasteiger partial charge on any atom is -0.481 e.